The smallest absolute Gasteiger partial charge is 0.123 e. The van der Waals surface area contributed by atoms with Crippen molar-refractivity contribution in [3.63, 3.8) is 0 Å². The molecule has 0 fully saturated rings. The lowest BCUT2D eigenvalue weighted by atomic mass is 9.88. The molecule has 1 aromatic rings. The van der Waals surface area contributed by atoms with E-state index in [0.717, 1.165) is 23.1 Å². The number of benzene rings is 1. The van der Waals surface area contributed by atoms with E-state index in [2.05, 4.69) is 48.5 Å². The first-order chi connectivity index (χ1) is 8.82. The van der Waals surface area contributed by atoms with Crippen molar-refractivity contribution < 1.29 is 4.39 Å². The number of nitrogens with zero attached hydrogens (tertiary/aromatic N) is 1. The van der Waals surface area contributed by atoms with Crippen LogP contribution in [0.1, 0.15) is 33.3 Å². The van der Waals surface area contributed by atoms with Crippen LogP contribution in [0.4, 0.5) is 4.39 Å². The highest BCUT2D eigenvalue weighted by molar-refractivity contribution is 9.10. The second kappa shape index (κ2) is 6.82. The molecule has 0 aliphatic heterocycles. The van der Waals surface area contributed by atoms with Crippen LogP contribution in [0.15, 0.2) is 22.7 Å². The molecule has 108 valence electrons. The van der Waals surface area contributed by atoms with E-state index in [1.807, 2.05) is 0 Å². The maximum atomic E-state index is 13.3. The highest BCUT2D eigenvalue weighted by Crippen LogP contribution is 2.24. The Hall–Kier alpha value is -0.450. The van der Waals surface area contributed by atoms with Gasteiger partial charge >= 0.3 is 0 Å². The van der Waals surface area contributed by atoms with E-state index < -0.39 is 0 Å². The monoisotopic (exact) mass is 330 g/mol. The summed E-state index contributed by atoms with van der Waals surface area (Å²) in [5.41, 5.74) is 7.18. The van der Waals surface area contributed by atoms with Crippen LogP contribution in [-0.4, -0.2) is 29.6 Å². The van der Waals surface area contributed by atoms with Crippen LogP contribution in [0, 0.1) is 5.82 Å². The molecule has 4 heteroatoms. The number of hydrogen-bond donors (Lipinski definition) is 1. The number of rotatable bonds is 6. The maximum absolute atomic E-state index is 13.3. The van der Waals surface area contributed by atoms with Crippen LogP contribution < -0.4 is 5.73 Å². The maximum Gasteiger partial charge on any atom is 0.123 e. The quantitative estimate of drug-likeness (QED) is 0.863. The average molecular weight is 331 g/mol. The third-order valence-corrected chi connectivity index (χ3v) is 4.71. The standard InChI is InChI=1S/C15H24BrFN2/c1-5-19(6-2)15(3,4)14(18)10-11-9-12(17)7-8-13(11)16/h7-9,14H,5-6,10,18H2,1-4H3. The van der Waals surface area contributed by atoms with Gasteiger partial charge in [0.05, 0.1) is 0 Å². The molecule has 0 saturated carbocycles. The minimum absolute atomic E-state index is 0.0505. The summed E-state index contributed by atoms with van der Waals surface area (Å²) < 4.78 is 14.2. The normalized spacial score (nSPS) is 13.9. The Balaban J connectivity index is 2.89. The minimum atomic E-state index is -0.217. The highest BCUT2D eigenvalue weighted by Gasteiger charge is 2.31. The summed E-state index contributed by atoms with van der Waals surface area (Å²) in [6.45, 7) is 10.5. The van der Waals surface area contributed by atoms with Crippen molar-refractivity contribution >= 4 is 15.9 Å². The first-order valence-electron chi connectivity index (χ1n) is 6.77. The molecular weight excluding hydrogens is 307 g/mol. The Kier molecular flexibility index (Phi) is 5.96. The first-order valence-corrected chi connectivity index (χ1v) is 7.56. The van der Waals surface area contributed by atoms with Gasteiger partial charge < -0.3 is 5.73 Å². The van der Waals surface area contributed by atoms with E-state index in [-0.39, 0.29) is 17.4 Å². The Morgan fingerprint density at radius 2 is 1.89 bits per heavy atom. The molecule has 2 nitrogen and oxygen atoms in total. The summed E-state index contributed by atoms with van der Waals surface area (Å²) in [7, 11) is 0. The molecule has 2 N–H and O–H groups in total. The molecule has 0 saturated heterocycles. The first kappa shape index (κ1) is 16.6. The Labute approximate surface area is 124 Å². The van der Waals surface area contributed by atoms with E-state index >= 15 is 0 Å². The number of nitrogens with two attached hydrogens (primary N) is 1. The van der Waals surface area contributed by atoms with Crippen molar-refractivity contribution in [2.75, 3.05) is 13.1 Å². The topological polar surface area (TPSA) is 29.3 Å². The van der Waals surface area contributed by atoms with Gasteiger partial charge in [0.25, 0.3) is 0 Å². The fourth-order valence-electron chi connectivity index (χ4n) is 2.46. The highest BCUT2D eigenvalue weighted by atomic mass is 79.9. The van der Waals surface area contributed by atoms with Gasteiger partial charge in [-0.15, -0.1) is 0 Å². The van der Waals surface area contributed by atoms with Gasteiger partial charge in [-0.3, -0.25) is 4.90 Å². The molecule has 0 aliphatic carbocycles. The van der Waals surface area contributed by atoms with Gasteiger partial charge in [0, 0.05) is 16.1 Å². The van der Waals surface area contributed by atoms with E-state index in [4.69, 9.17) is 5.73 Å². The molecule has 0 aliphatic rings. The van der Waals surface area contributed by atoms with Crippen molar-refractivity contribution in [2.24, 2.45) is 5.73 Å². The molecule has 19 heavy (non-hydrogen) atoms. The van der Waals surface area contributed by atoms with Crippen molar-refractivity contribution in [2.45, 2.75) is 45.7 Å². The number of likely N-dealkylation sites (N-methyl/N-ethyl adjacent to an activating group) is 1. The lowest BCUT2D eigenvalue weighted by Gasteiger charge is -2.42. The third-order valence-electron chi connectivity index (χ3n) is 3.93. The van der Waals surface area contributed by atoms with E-state index in [0.29, 0.717) is 6.42 Å². The van der Waals surface area contributed by atoms with Gasteiger partial charge in [0.1, 0.15) is 5.82 Å². The summed E-state index contributed by atoms with van der Waals surface area (Å²) in [5.74, 6) is -0.217. The van der Waals surface area contributed by atoms with Gasteiger partial charge in [-0.1, -0.05) is 29.8 Å². The molecule has 1 unspecified atom stereocenters. The lowest BCUT2D eigenvalue weighted by Crippen LogP contribution is -2.56. The van der Waals surface area contributed by atoms with Crippen LogP contribution in [-0.2, 0) is 6.42 Å². The predicted octanol–water partition coefficient (Wildman–Crippen LogP) is 3.58. The Bertz CT molecular complexity index is 417. The van der Waals surface area contributed by atoms with Crippen LogP contribution >= 0.6 is 15.9 Å². The lowest BCUT2D eigenvalue weighted by molar-refractivity contribution is 0.106. The van der Waals surface area contributed by atoms with E-state index in [1.54, 1.807) is 12.1 Å². The zero-order chi connectivity index (χ0) is 14.6. The third kappa shape index (κ3) is 4.01. The van der Waals surface area contributed by atoms with Crippen molar-refractivity contribution in [3.8, 4) is 0 Å². The Morgan fingerprint density at radius 1 is 1.32 bits per heavy atom. The molecular formula is C15H24BrFN2. The minimum Gasteiger partial charge on any atom is -0.326 e. The van der Waals surface area contributed by atoms with Gasteiger partial charge in [-0.25, -0.2) is 4.39 Å². The molecule has 0 aromatic heterocycles. The molecule has 0 amide bonds. The summed E-state index contributed by atoms with van der Waals surface area (Å²) in [5, 5.41) is 0. The molecule has 0 bridgehead atoms. The summed E-state index contributed by atoms with van der Waals surface area (Å²) in [6, 6.07) is 4.70. The van der Waals surface area contributed by atoms with Crippen molar-refractivity contribution in [3.05, 3.63) is 34.1 Å². The van der Waals surface area contributed by atoms with Crippen molar-refractivity contribution in [1.29, 1.82) is 0 Å². The van der Waals surface area contributed by atoms with Gasteiger partial charge in [0.15, 0.2) is 0 Å². The Morgan fingerprint density at radius 3 is 2.42 bits per heavy atom. The molecule has 0 radical (unpaired) electrons. The van der Waals surface area contributed by atoms with Crippen LogP contribution in [0.2, 0.25) is 0 Å². The van der Waals surface area contributed by atoms with Gasteiger partial charge in [0.2, 0.25) is 0 Å². The average Bonchev–Trinajstić information content (AvgIpc) is 2.35. The molecule has 1 rings (SSSR count). The number of halogens is 2. The van der Waals surface area contributed by atoms with Crippen LogP contribution in [0.25, 0.3) is 0 Å². The largest absolute Gasteiger partial charge is 0.326 e. The van der Waals surface area contributed by atoms with Crippen LogP contribution in [0.5, 0.6) is 0 Å². The summed E-state index contributed by atoms with van der Waals surface area (Å²) in [6.07, 6.45) is 0.655. The fraction of sp³-hybridized carbons (Fsp3) is 0.600. The predicted molar refractivity (Wildman–Crippen MR) is 82.8 cm³/mol. The second-order valence-electron chi connectivity index (χ2n) is 5.37. The molecule has 1 atom stereocenters. The number of hydrogen-bond acceptors (Lipinski definition) is 2. The zero-order valence-electron chi connectivity index (χ0n) is 12.2. The van der Waals surface area contributed by atoms with Crippen LogP contribution in [0.3, 0.4) is 0 Å². The SMILES string of the molecule is CCN(CC)C(C)(C)C(N)Cc1cc(F)ccc1Br. The molecule has 1 aromatic carbocycles. The van der Waals surface area contributed by atoms with Gasteiger partial charge in [-0.05, 0) is 57.1 Å². The van der Waals surface area contributed by atoms with E-state index in [1.165, 1.54) is 6.07 Å². The summed E-state index contributed by atoms with van der Waals surface area (Å²) in [4.78, 5) is 2.34. The van der Waals surface area contributed by atoms with Gasteiger partial charge in [-0.2, -0.15) is 0 Å². The summed E-state index contributed by atoms with van der Waals surface area (Å²) >= 11 is 3.46. The second-order valence-corrected chi connectivity index (χ2v) is 6.23. The zero-order valence-corrected chi connectivity index (χ0v) is 13.8. The van der Waals surface area contributed by atoms with E-state index in [9.17, 15) is 4.39 Å². The molecule has 0 spiro atoms. The van der Waals surface area contributed by atoms with Crippen molar-refractivity contribution in [1.82, 2.24) is 4.90 Å². The fourth-order valence-corrected chi connectivity index (χ4v) is 2.87. The molecule has 0 heterocycles.